The summed E-state index contributed by atoms with van der Waals surface area (Å²) in [4.78, 5) is 10.5. The Morgan fingerprint density at radius 2 is 1.89 bits per heavy atom. The fourth-order valence-corrected chi connectivity index (χ4v) is 2.05. The number of rotatable bonds is 4. The Kier molecular flexibility index (Phi) is 4.39. The lowest BCUT2D eigenvalue weighted by atomic mass is 10.1. The highest BCUT2D eigenvalue weighted by molar-refractivity contribution is 9.10. The fourth-order valence-electron chi connectivity index (χ4n) is 1.62. The Labute approximate surface area is 123 Å². The van der Waals surface area contributed by atoms with Crippen molar-refractivity contribution in [1.82, 2.24) is 0 Å². The summed E-state index contributed by atoms with van der Waals surface area (Å²) in [5.74, 6) is 0. The molecule has 6 heteroatoms. The summed E-state index contributed by atoms with van der Waals surface area (Å²) < 4.78 is 0.982. The molecule has 0 saturated carbocycles. The van der Waals surface area contributed by atoms with E-state index in [-0.39, 0.29) is 5.69 Å². The molecule has 2 aromatic rings. The van der Waals surface area contributed by atoms with Crippen LogP contribution in [0.1, 0.15) is 5.56 Å². The van der Waals surface area contributed by atoms with Gasteiger partial charge in [0.05, 0.1) is 4.92 Å². The van der Waals surface area contributed by atoms with Gasteiger partial charge in [-0.3, -0.25) is 10.1 Å². The molecule has 0 atom stereocenters. The summed E-state index contributed by atoms with van der Waals surface area (Å²) in [6.45, 7) is 0.370. The Balaban J connectivity index is 2.15. The van der Waals surface area contributed by atoms with E-state index in [1.54, 1.807) is 12.1 Å². The smallest absolute Gasteiger partial charge is 0.275 e. The molecule has 0 heterocycles. The van der Waals surface area contributed by atoms with E-state index in [1.165, 1.54) is 6.07 Å². The van der Waals surface area contributed by atoms with Crippen molar-refractivity contribution in [2.24, 2.45) is 0 Å². The number of nitrogens with one attached hydrogen (secondary N) is 1. The first kappa shape index (κ1) is 13.8. The van der Waals surface area contributed by atoms with Crippen LogP contribution in [0, 0.1) is 10.1 Å². The summed E-state index contributed by atoms with van der Waals surface area (Å²) in [6, 6.07) is 12.3. The van der Waals surface area contributed by atoms with E-state index in [9.17, 15) is 10.1 Å². The number of anilines is 1. The van der Waals surface area contributed by atoms with Gasteiger partial charge in [-0.15, -0.1) is 0 Å². The van der Waals surface area contributed by atoms with Crippen molar-refractivity contribution < 1.29 is 4.92 Å². The maximum Gasteiger partial charge on any atom is 0.275 e. The van der Waals surface area contributed by atoms with E-state index >= 15 is 0 Å². The lowest BCUT2D eigenvalue weighted by Gasteiger charge is -2.07. The lowest BCUT2D eigenvalue weighted by Crippen LogP contribution is -2.03. The predicted octanol–water partition coefficient (Wildman–Crippen LogP) is 4.62. The van der Waals surface area contributed by atoms with Gasteiger partial charge in [0, 0.05) is 33.4 Å². The van der Waals surface area contributed by atoms with E-state index in [0.29, 0.717) is 17.1 Å². The van der Waals surface area contributed by atoms with Crippen molar-refractivity contribution in [3.8, 4) is 0 Å². The van der Waals surface area contributed by atoms with Crippen molar-refractivity contribution in [3.05, 3.63) is 67.6 Å². The van der Waals surface area contributed by atoms with Crippen molar-refractivity contribution in [2.45, 2.75) is 6.54 Å². The first-order valence-electron chi connectivity index (χ1n) is 5.48. The van der Waals surface area contributed by atoms with Crippen molar-refractivity contribution >= 4 is 38.9 Å². The van der Waals surface area contributed by atoms with Crippen LogP contribution in [0.4, 0.5) is 11.4 Å². The van der Waals surface area contributed by atoms with Crippen LogP contribution >= 0.6 is 27.5 Å². The van der Waals surface area contributed by atoms with Crippen molar-refractivity contribution in [2.75, 3.05) is 5.32 Å². The number of hydrogen-bond donors (Lipinski definition) is 1. The largest absolute Gasteiger partial charge is 0.381 e. The highest BCUT2D eigenvalue weighted by atomic mass is 79.9. The molecule has 1 N–H and O–H groups in total. The van der Waals surface area contributed by atoms with Gasteiger partial charge in [0.1, 0.15) is 0 Å². The SMILES string of the molecule is O=[N+]([O-])c1cc(Cl)ccc1CNc1ccc(Br)cc1. The van der Waals surface area contributed by atoms with Crippen LogP contribution in [0.2, 0.25) is 5.02 Å². The highest BCUT2D eigenvalue weighted by Crippen LogP contribution is 2.24. The molecule has 0 saturated heterocycles. The number of hydrogen-bond acceptors (Lipinski definition) is 3. The van der Waals surface area contributed by atoms with Crippen LogP contribution in [0.15, 0.2) is 46.9 Å². The Bertz CT molecular complexity index is 602. The minimum absolute atomic E-state index is 0.0251. The third kappa shape index (κ3) is 3.68. The molecule has 0 unspecified atom stereocenters. The molecule has 4 nitrogen and oxygen atoms in total. The summed E-state index contributed by atoms with van der Waals surface area (Å²) in [5.41, 5.74) is 1.52. The summed E-state index contributed by atoms with van der Waals surface area (Å²) in [7, 11) is 0. The number of nitrogens with zero attached hydrogens (tertiary/aromatic N) is 1. The predicted molar refractivity (Wildman–Crippen MR) is 79.6 cm³/mol. The zero-order chi connectivity index (χ0) is 13.8. The second-order valence-corrected chi connectivity index (χ2v) is 5.24. The fraction of sp³-hybridized carbons (Fsp3) is 0.0769. The molecule has 0 bridgehead atoms. The second kappa shape index (κ2) is 6.04. The number of nitro benzene ring substituents is 1. The van der Waals surface area contributed by atoms with Gasteiger partial charge in [-0.05, 0) is 36.4 Å². The molecule has 0 aliphatic heterocycles. The maximum atomic E-state index is 10.9. The molecular formula is C13H10BrClN2O2. The Morgan fingerprint density at radius 3 is 2.53 bits per heavy atom. The van der Waals surface area contributed by atoms with Crippen LogP contribution in [0.25, 0.3) is 0 Å². The van der Waals surface area contributed by atoms with Crippen LogP contribution in [0.5, 0.6) is 0 Å². The molecule has 2 rings (SSSR count). The third-order valence-corrected chi connectivity index (χ3v) is 3.33. The molecule has 0 aliphatic carbocycles. The molecular weight excluding hydrogens is 332 g/mol. The van der Waals surface area contributed by atoms with E-state index in [1.807, 2.05) is 24.3 Å². The zero-order valence-corrected chi connectivity index (χ0v) is 12.1. The first-order valence-corrected chi connectivity index (χ1v) is 6.65. The summed E-state index contributed by atoms with van der Waals surface area (Å²) >= 11 is 9.11. The van der Waals surface area contributed by atoms with Gasteiger partial charge < -0.3 is 5.32 Å². The molecule has 2 aromatic carbocycles. The first-order chi connectivity index (χ1) is 9.06. The van der Waals surface area contributed by atoms with Gasteiger partial charge in [-0.25, -0.2) is 0 Å². The van der Waals surface area contributed by atoms with Gasteiger partial charge in [-0.2, -0.15) is 0 Å². The Hall–Kier alpha value is -1.59. The topological polar surface area (TPSA) is 55.2 Å². The average Bonchev–Trinajstić information content (AvgIpc) is 2.39. The quantitative estimate of drug-likeness (QED) is 0.652. The van der Waals surface area contributed by atoms with Crippen LogP contribution < -0.4 is 5.32 Å². The molecule has 0 radical (unpaired) electrons. The van der Waals surface area contributed by atoms with E-state index in [2.05, 4.69) is 21.2 Å². The molecule has 98 valence electrons. The van der Waals surface area contributed by atoms with Crippen LogP contribution in [-0.4, -0.2) is 4.92 Å². The number of halogens is 2. The highest BCUT2D eigenvalue weighted by Gasteiger charge is 2.13. The molecule has 0 spiro atoms. The minimum Gasteiger partial charge on any atom is -0.381 e. The normalized spacial score (nSPS) is 10.2. The average molecular weight is 342 g/mol. The van der Waals surface area contributed by atoms with E-state index in [0.717, 1.165) is 10.2 Å². The van der Waals surface area contributed by atoms with Crippen molar-refractivity contribution in [3.63, 3.8) is 0 Å². The van der Waals surface area contributed by atoms with E-state index < -0.39 is 4.92 Å². The summed E-state index contributed by atoms with van der Waals surface area (Å²) in [5, 5.41) is 14.4. The van der Waals surface area contributed by atoms with Gasteiger partial charge in [0.15, 0.2) is 0 Å². The second-order valence-electron chi connectivity index (χ2n) is 3.89. The number of nitro groups is 1. The zero-order valence-electron chi connectivity index (χ0n) is 9.77. The molecule has 0 fully saturated rings. The minimum atomic E-state index is -0.426. The van der Waals surface area contributed by atoms with Crippen LogP contribution in [-0.2, 0) is 6.54 Å². The molecule has 0 aromatic heterocycles. The van der Waals surface area contributed by atoms with Gasteiger partial charge in [0.25, 0.3) is 5.69 Å². The van der Waals surface area contributed by atoms with E-state index in [4.69, 9.17) is 11.6 Å². The summed E-state index contributed by atoms with van der Waals surface area (Å²) in [6.07, 6.45) is 0. The van der Waals surface area contributed by atoms with Gasteiger partial charge in [0.2, 0.25) is 0 Å². The molecule has 0 aliphatic rings. The maximum absolute atomic E-state index is 10.9. The standard InChI is InChI=1S/C13H10BrClN2O2/c14-10-2-5-12(6-3-10)16-8-9-1-4-11(15)7-13(9)17(18)19/h1-7,16H,8H2. The van der Waals surface area contributed by atoms with Gasteiger partial charge >= 0.3 is 0 Å². The van der Waals surface area contributed by atoms with Crippen molar-refractivity contribution in [1.29, 1.82) is 0 Å². The number of benzene rings is 2. The van der Waals surface area contributed by atoms with Crippen LogP contribution in [0.3, 0.4) is 0 Å². The lowest BCUT2D eigenvalue weighted by molar-refractivity contribution is -0.385. The third-order valence-electron chi connectivity index (χ3n) is 2.57. The van der Waals surface area contributed by atoms with Gasteiger partial charge in [-0.1, -0.05) is 27.5 Å². The molecule has 0 amide bonds. The molecule has 19 heavy (non-hydrogen) atoms. The monoisotopic (exact) mass is 340 g/mol. The Morgan fingerprint density at radius 1 is 1.21 bits per heavy atom.